The van der Waals surface area contributed by atoms with Gasteiger partial charge in [-0.25, -0.2) is 0 Å². The van der Waals surface area contributed by atoms with Crippen molar-refractivity contribution in [2.75, 3.05) is 38.2 Å². The molecule has 0 radical (unpaired) electrons. The molecule has 1 aromatic rings. The van der Waals surface area contributed by atoms with Crippen molar-refractivity contribution in [3.05, 3.63) is 53.8 Å². The summed E-state index contributed by atoms with van der Waals surface area (Å²) in [5.41, 5.74) is 3.87. The first kappa shape index (κ1) is 15.2. The maximum absolute atomic E-state index is 5.54. The molecule has 1 atom stereocenters. The molecule has 1 saturated heterocycles. The van der Waals surface area contributed by atoms with E-state index in [-0.39, 0.29) is 5.60 Å². The predicted octanol–water partition coefficient (Wildman–Crippen LogP) is 3.37. The Bertz CT molecular complexity index is 568. The van der Waals surface area contributed by atoms with Crippen LogP contribution in [-0.2, 0) is 4.74 Å². The quantitative estimate of drug-likeness (QED) is 0.851. The van der Waals surface area contributed by atoms with Gasteiger partial charge in [-0.1, -0.05) is 29.8 Å². The number of allylic oxidation sites excluding steroid dienone is 1. The van der Waals surface area contributed by atoms with Crippen LogP contribution < -0.4 is 4.90 Å². The fourth-order valence-corrected chi connectivity index (χ4v) is 3.07. The summed E-state index contributed by atoms with van der Waals surface area (Å²) in [6.07, 6.45) is 7.67. The van der Waals surface area contributed by atoms with Gasteiger partial charge in [0.2, 0.25) is 0 Å². The van der Waals surface area contributed by atoms with Gasteiger partial charge in [-0.2, -0.15) is 0 Å². The van der Waals surface area contributed by atoms with Crippen molar-refractivity contribution in [2.24, 2.45) is 0 Å². The zero-order valence-electron chi connectivity index (χ0n) is 13.9. The first-order valence-electron chi connectivity index (χ1n) is 8.11. The Labute approximate surface area is 133 Å². The summed E-state index contributed by atoms with van der Waals surface area (Å²) in [6, 6.07) is 8.85. The van der Waals surface area contributed by atoms with Gasteiger partial charge in [0, 0.05) is 51.1 Å². The Morgan fingerprint density at radius 2 is 1.64 bits per heavy atom. The van der Waals surface area contributed by atoms with Crippen LogP contribution in [0.25, 0.3) is 0 Å². The van der Waals surface area contributed by atoms with Crippen LogP contribution in [0.2, 0.25) is 0 Å². The molecule has 22 heavy (non-hydrogen) atoms. The van der Waals surface area contributed by atoms with Gasteiger partial charge in [-0.15, -0.1) is 0 Å². The summed E-state index contributed by atoms with van der Waals surface area (Å²) in [4.78, 5) is 4.96. The van der Waals surface area contributed by atoms with Crippen LogP contribution in [0.1, 0.15) is 18.9 Å². The van der Waals surface area contributed by atoms with E-state index in [0.717, 1.165) is 32.6 Å². The van der Waals surface area contributed by atoms with Crippen molar-refractivity contribution in [1.82, 2.24) is 4.90 Å². The van der Waals surface area contributed by atoms with E-state index in [0.29, 0.717) is 0 Å². The van der Waals surface area contributed by atoms with E-state index in [1.54, 1.807) is 7.11 Å². The molecule has 0 saturated carbocycles. The molecule has 1 unspecified atom stereocenters. The van der Waals surface area contributed by atoms with E-state index in [9.17, 15) is 0 Å². The number of ether oxygens (including phenoxy) is 1. The normalized spacial score (nSPS) is 25.3. The first-order valence-corrected chi connectivity index (χ1v) is 8.11. The van der Waals surface area contributed by atoms with Gasteiger partial charge in [0.15, 0.2) is 0 Å². The molecule has 2 aliphatic rings. The van der Waals surface area contributed by atoms with E-state index in [4.69, 9.17) is 4.74 Å². The molecule has 3 nitrogen and oxygen atoms in total. The molecule has 1 fully saturated rings. The number of hydrogen-bond donors (Lipinski definition) is 0. The number of nitrogens with zero attached hydrogens (tertiary/aromatic N) is 2. The second-order valence-electron chi connectivity index (χ2n) is 6.49. The zero-order chi connectivity index (χ0) is 15.6. The van der Waals surface area contributed by atoms with Gasteiger partial charge in [0.25, 0.3) is 0 Å². The minimum Gasteiger partial charge on any atom is -0.374 e. The number of methoxy groups -OCH3 is 1. The molecule has 3 rings (SSSR count). The van der Waals surface area contributed by atoms with Crippen molar-refractivity contribution in [3.63, 3.8) is 0 Å². The predicted molar refractivity (Wildman–Crippen MR) is 92.2 cm³/mol. The standard InChI is InChI=1S/C19H26N2O/c1-16-4-6-17(7-5-16)20-12-14-21(15-13-20)18-8-10-19(2,22-3)11-9-18/h4-10H,11-15H2,1-3H3. The monoisotopic (exact) mass is 298 g/mol. The van der Waals surface area contributed by atoms with E-state index in [2.05, 4.69) is 66.1 Å². The van der Waals surface area contributed by atoms with Gasteiger partial charge in [0.05, 0.1) is 5.60 Å². The van der Waals surface area contributed by atoms with Crippen LogP contribution in [0.5, 0.6) is 0 Å². The fraction of sp³-hybridized carbons (Fsp3) is 0.474. The van der Waals surface area contributed by atoms with E-state index in [1.807, 2.05) is 0 Å². The van der Waals surface area contributed by atoms with Gasteiger partial charge in [-0.3, -0.25) is 0 Å². The number of rotatable bonds is 3. The largest absolute Gasteiger partial charge is 0.374 e. The highest BCUT2D eigenvalue weighted by Crippen LogP contribution is 2.26. The third-order valence-electron chi connectivity index (χ3n) is 4.83. The number of hydrogen-bond acceptors (Lipinski definition) is 3. The third-order valence-corrected chi connectivity index (χ3v) is 4.83. The molecule has 1 aliphatic carbocycles. The zero-order valence-corrected chi connectivity index (χ0v) is 13.9. The van der Waals surface area contributed by atoms with Crippen LogP contribution >= 0.6 is 0 Å². The summed E-state index contributed by atoms with van der Waals surface area (Å²) >= 11 is 0. The minimum atomic E-state index is -0.132. The van der Waals surface area contributed by atoms with Gasteiger partial charge >= 0.3 is 0 Å². The molecule has 118 valence electrons. The molecule has 0 spiro atoms. The molecule has 0 N–H and O–H groups in total. The van der Waals surface area contributed by atoms with E-state index in [1.165, 1.54) is 16.9 Å². The fourth-order valence-electron chi connectivity index (χ4n) is 3.07. The number of benzene rings is 1. The van der Waals surface area contributed by atoms with Crippen molar-refractivity contribution in [2.45, 2.75) is 25.9 Å². The van der Waals surface area contributed by atoms with Gasteiger partial charge < -0.3 is 14.5 Å². The first-order chi connectivity index (χ1) is 10.6. The Hall–Kier alpha value is -1.74. The van der Waals surface area contributed by atoms with Crippen LogP contribution in [-0.4, -0.2) is 43.8 Å². The average Bonchev–Trinajstić information content (AvgIpc) is 2.57. The lowest BCUT2D eigenvalue weighted by Crippen LogP contribution is -2.46. The third kappa shape index (κ3) is 3.20. The lowest BCUT2D eigenvalue weighted by Gasteiger charge is -2.39. The lowest BCUT2D eigenvalue weighted by molar-refractivity contribution is 0.0493. The molecule has 1 heterocycles. The Balaban J connectivity index is 1.58. The van der Waals surface area contributed by atoms with Crippen molar-refractivity contribution < 1.29 is 4.74 Å². The van der Waals surface area contributed by atoms with Crippen molar-refractivity contribution >= 4 is 5.69 Å². The SMILES string of the molecule is COC1(C)C=CC(N2CCN(c3ccc(C)cc3)CC2)=CC1. The van der Waals surface area contributed by atoms with Gasteiger partial charge in [-0.05, 0) is 32.1 Å². The highest BCUT2D eigenvalue weighted by molar-refractivity contribution is 5.48. The van der Waals surface area contributed by atoms with E-state index >= 15 is 0 Å². The Morgan fingerprint density at radius 3 is 2.18 bits per heavy atom. The molecule has 1 aromatic carbocycles. The molecular formula is C19H26N2O. The average molecular weight is 298 g/mol. The number of aryl methyl sites for hydroxylation is 1. The highest BCUT2D eigenvalue weighted by atomic mass is 16.5. The molecule has 0 aromatic heterocycles. The maximum atomic E-state index is 5.54. The summed E-state index contributed by atoms with van der Waals surface area (Å²) in [5.74, 6) is 0. The Kier molecular flexibility index (Phi) is 4.25. The second-order valence-corrected chi connectivity index (χ2v) is 6.49. The van der Waals surface area contributed by atoms with Crippen LogP contribution in [0, 0.1) is 6.92 Å². The summed E-state index contributed by atoms with van der Waals surface area (Å²) in [7, 11) is 1.78. The molecular weight excluding hydrogens is 272 g/mol. The molecule has 0 bridgehead atoms. The lowest BCUT2D eigenvalue weighted by atomic mass is 9.95. The summed E-state index contributed by atoms with van der Waals surface area (Å²) in [5, 5.41) is 0. The van der Waals surface area contributed by atoms with Crippen molar-refractivity contribution in [1.29, 1.82) is 0 Å². The second kappa shape index (κ2) is 6.17. The van der Waals surface area contributed by atoms with Crippen molar-refractivity contribution in [3.8, 4) is 0 Å². The van der Waals surface area contributed by atoms with Crippen LogP contribution in [0.15, 0.2) is 48.2 Å². The maximum Gasteiger partial charge on any atom is 0.0869 e. The smallest absolute Gasteiger partial charge is 0.0869 e. The van der Waals surface area contributed by atoms with Crippen LogP contribution in [0.4, 0.5) is 5.69 Å². The molecule has 0 amide bonds. The summed E-state index contributed by atoms with van der Waals surface area (Å²) < 4.78 is 5.54. The van der Waals surface area contributed by atoms with Crippen LogP contribution in [0.3, 0.4) is 0 Å². The summed E-state index contributed by atoms with van der Waals surface area (Å²) in [6.45, 7) is 8.58. The minimum absolute atomic E-state index is 0.132. The molecule has 3 heteroatoms. The highest BCUT2D eigenvalue weighted by Gasteiger charge is 2.24. The van der Waals surface area contributed by atoms with E-state index < -0.39 is 0 Å². The number of piperazine rings is 1. The Morgan fingerprint density at radius 1 is 1.00 bits per heavy atom. The topological polar surface area (TPSA) is 15.7 Å². The number of anilines is 1. The van der Waals surface area contributed by atoms with Gasteiger partial charge in [0.1, 0.15) is 0 Å². The molecule has 1 aliphatic heterocycles.